The van der Waals surface area contributed by atoms with Crippen LogP contribution in [0.15, 0.2) is 10.1 Å². The molecule has 4 fully saturated rings. The Morgan fingerprint density at radius 2 is 1.26 bits per heavy atom. The molecule has 0 spiro atoms. The molecule has 4 saturated heterocycles. The summed E-state index contributed by atoms with van der Waals surface area (Å²) in [4.78, 5) is 5.26. The van der Waals surface area contributed by atoms with Gasteiger partial charge in [-0.25, -0.2) is 0 Å². The van der Waals surface area contributed by atoms with E-state index < -0.39 is 0 Å². The SMILES string of the molecule is CC(CCSc1nsnc1C1CN2CCCC1C2)CCSc1nsnc1C1CN2CCCC1C2. The molecule has 0 radical (unpaired) electrons. The molecule has 6 atom stereocenters. The predicted octanol–water partition coefficient (Wildman–Crippen LogP) is 5.31. The summed E-state index contributed by atoms with van der Waals surface area (Å²) < 4.78 is 18.9. The van der Waals surface area contributed by atoms with Crippen molar-refractivity contribution in [1.29, 1.82) is 0 Å². The van der Waals surface area contributed by atoms with Crippen LogP contribution >= 0.6 is 47.0 Å². The lowest BCUT2D eigenvalue weighted by molar-refractivity contribution is 0.269. The van der Waals surface area contributed by atoms with Gasteiger partial charge < -0.3 is 9.80 Å². The van der Waals surface area contributed by atoms with Gasteiger partial charge in [0.15, 0.2) is 0 Å². The minimum absolute atomic E-state index is 0.620. The molecule has 0 saturated carbocycles. The largest absolute Gasteiger partial charge is 0.302 e. The first-order valence-corrected chi connectivity index (χ1v) is 16.5. The quantitative estimate of drug-likeness (QED) is 0.379. The van der Waals surface area contributed by atoms with E-state index in [-0.39, 0.29) is 0 Å². The second kappa shape index (κ2) is 11.0. The molecule has 6 rings (SSSR count). The zero-order valence-electron chi connectivity index (χ0n) is 20.1. The first-order chi connectivity index (χ1) is 16.7. The van der Waals surface area contributed by atoms with E-state index in [1.165, 1.54) is 123 Å². The van der Waals surface area contributed by atoms with Crippen LogP contribution in [0.4, 0.5) is 0 Å². The van der Waals surface area contributed by atoms with Crippen LogP contribution < -0.4 is 0 Å². The molecule has 4 aliphatic rings. The van der Waals surface area contributed by atoms with Crippen LogP contribution in [0.3, 0.4) is 0 Å². The van der Waals surface area contributed by atoms with Gasteiger partial charge in [-0.05, 0) is 80.9 Å². The average Bonchev–Trinajstić information content (AvgIpc) is 3.61. The predicted molar refractivity (Wildman–Crippen MR) is 143 cm³/mol. The molecular formula is C24H36N6S4. The molecule has 6 unspecified atom stereocenters. The Morgan fingerprint density at radius 1 is 0.765 bits per heavy atom. The summed E-state index contributed by atoms with van der Waals surface area (Å²) in [6.45, 7) is 9.91. The number of nitrogens with zero attached hydrogens (tertiary/aromatic N) is 6. The highest BCUT2D eigenvalue weighted by Crippen LogP contribution is 2.42. The maximum absolute atomic E-state index is 4.76. The molecule has 4 bridgehead atoms. The molecule has 6 nitrogen and oxygen atoms in total. The Bertz CT molecular complexity index is 875. The maximum Gasteiger partial charge on any atom is 0.134 e. The van der Waals surface area contributed by atoms with Gasteiger partial charge in [-0.3, -0.25) is 0 Å². The minimum Gasteiger partial charge on any atom is -0.302 e. The first-order valence-electron chi connectivity index (χ1n) is 13.1. The fourth-order valence-corrected chi connectivity index (χ4v) is 10.4. The van der Waals surface area contributed by atoms with Gasteiger partial charge in [0.25, 0.3) is 0 Å². The monoisotopic (exact) mass is 536 g/mol. The first kappa shape index (κ1) is 24.1. The number of fused-ring (bicyclic) bond motifs is 4. The van der Waals surface area contributed by atoms with E-state index in [2.05, 4.69) is 16.7 Å². The van der Waals surface area contributed by atoms with E-state index in [1.54, 1.807) is 0 Å². The Labute approximate surface area is 220 Å². The van der Waals surface area contributed by atoms with E-state index in [9.17, 15) is 0 Å². The van der Waals surface area contributed by atoms with Crippen LogP contribution in [0.5, 0.6) is 0 Å². The van der Waals surface area contributed by atoms with Crippen molar-refractivity contribution in [2.75, 3.05) is 50.8 Å². The molecule has 4 aliphatic heterocycles. The topological polar surface area (TPSA) is 58.0 Å². The van der Waals surface area contributed by atoms with Gasteiger partial charge >= 0.3 is 0 Å². The van der Waals surface area contributed by atoms with Crippen molar-refractivity contribution in [2.24, 2.45) is 17.8 Å². The zero-order chi connectivity index (χ0) is 22.9. The summed E-state index contributed by atoms with van der Waals surface area (Å²) in [5.41, 5.74) is 2.62. The van der Waals surface area contributed by atoms with E-state index in [0.717, 1.165) is 29.3 Å². The second-order valence-electron chi connectivity index (χ2n) is 10.8. The summed E-state index contributed by atoms with van der Waals surface area (Å²) >= 11 is 6.73. The van der Waals surface area contributed by atoms with Gasteiger partial charge in [0, 0.05) is 38.0 Å². The summed E-state index contributed by atoms with van der Waals surface area (Å²) in [6.07, 6.45) is 7.93. The summed E-state index contributed by atoms with van der Waals surface area (Å²) in [5, 5.41) is 2.45. The minimum atomic E-state index is 0.620. The smallest absolute Gasteiger partial charge is 0.134 e. The van der Waals surface area contributed by atoms with Gasteiger partial charge in [0.2, 0.25) is 0 Å². The number of aromatic nitrogens is 4. The Kier molecular flexibility index (Phi) is 7.80. The second-order valence-corrected chi connectivity index (χ2v) is 14.0. The summed E-state index contributed by atoms with van der Waals surface area (Å²) in [5.74, 6) is 5.86. The maximum atomic E-state index is 4.76. The fourth-order valence-electron chi connectivity index (χ4n) is 6.53. The molecule has 2 aromatic heterocycles. The Morgan fingerprint density at radius 3 is 1.74 bits per heavy atom. The standard InChI is InChI=1S/C24H36N6S4/c1-16(6-10-31-23-21(25-33-27-23)19-14-29-8-2-4-17(19)12-29)7-11-32-24-22(26-34-28-24)20-15-30-9-3-5-18(20)13-30/h16-20H,2-15H2,1H3. The van der Waals surface area contributed by atoms with E-state index in [0.29, 0.717) is 11.8 Å². The van der Waals surface area contributed by atoms with Gasteiger partial charge in [-0.2, -0.15) is 17.5 Å². The van der Waals surface area contributed by atoms with Gasteiger partial charge in [0.05, 0.1) is 34.8 Å². The lowest BCUT2D eigenvalue weighted by atomic mass is 9.89. The van der Waals surface area contributed by atoms with Crippen LogP contribution in [0.25, 0.3) is 0 Å². The van der Waals surface area contributed by atoms with Crippen molar-refractivity contribution in [3.63, 3.8) is 0 Å². The lowest BCUT2D eigenvalue weighted by Gasteiger charge is -2.21. The normalized spacial score (nSPS) is 33.4. The highest BCUT2D eigenvalue weighted by molar-refractivity contribution is 7.99. The molecule has 186 valence electrons. The van der Waals surface area contributed by atoms with Crippen molar-refractivity contribution in [3.8, 4) is 0 Å². The molecule has 6 heterocycles. The van der Waals surface area contributed by atoms with Gasteiger partial charge in [0.1, 0.15) is 10.1 Å². The lowest BCUT2D eigenvalue weighted by Crippen LogP contribution is -2.25. The van der Waals surface area contributed by atoms with Crippen LogP contribution in [-0.4, -0.2) is 78.1 Å². The van der Waals surface area contributed by atoms with Crippen molar-refractivity contribution in [3.05, 3.63) is 11.4 Å². The van der Waals surface area contributed by atoms with E-state index in [4.69, 9.17) is 17.5 Å². The third-order valence-corrected chi connectivity index (χ3v) is 11.8. The molecule has 34 heavy (non-hydrogen) atoms. The summed E-state index contributed by atoms with van der Waals surface area (Å²) in [7, 11) is 0. The number of hydrogen-bond acceptors (Lipinski definition) is 10. The van der Waals surface area contributed by atoms with E-state index in [1.807, 2.05) is 23.5 Å². The highest BCUT2D eigenvalue weighted by atomic mass is 32.2. The Balaban J connectivity index is 0.949. The average molecular weight is 537 g/mol. The molecule has 0 aromatic carbocycles. The van der Waals surface area contributed by atoms with Crippen molar-refractivity contribution >= 4 is 47.0 Å². The molecule has 10 heteroatoms. The van der Waals surface area contributed by atoms with Crippen LogP contribution in [-0.2, 0) is 0 Å². The van der Waals surface area contributed by atoms with Crippen LogP contribution in [0.1, 0.15) is 68.7 Å². The molecule has 0 aliphatic carbocycles. The molecule has 2 aromatic rings. The molecule has 0 amide bonds. The molecule has 0 N–H and O–H groups in total. The summed E-state index contributed by atoms with van der Waals surface area (Å²) in [6, 6.07) is 0. The number of hydrogen-bond donors (Lipinski definition) is 0. The van der Waals surface area contributed by atoms with E-state index >= 15 is 0 Å². The highest BCUT2D eigenvalue weighted by Gasteiger charge is 2.40. The third kappa shape index (κ3) is 5.23. The zero-order valence-corrected chi connectivity index (χ0v) is 23.4. The van der Waals surface area contributed by atoms with Gasteiger partial charge in [-0.1, -0.05) is 6.92 Å². The van der Waals surface area contributed by atoms with Crippen LogP contribution in [0, 0.1) is 17.8 Å². The third-order valence-electron chi connectivity index (χ3n) is 8.50. The Hall–Kier alpha value is -0.260. The van der Waals surface area contributed by atoms with Crippen molar-refractivity contribution in [2.45, 2.75) is 67.3 Å². The number of thioether (sulfide) groups is 2. The molecular weight excluding hydrogens is 501 g/mol. The van der Waals surface area contributed by atoms with Crippen molar-refractivity contribution in [1.82, 2.24) is 27.3 Å². The fraction of sp³-hybridized carbons (Fsp3) is 0.833. The number of rotatable bonds is 10. The number of piperidine rings is 2. The van der Waals surface area contributed by atoms with Crippen molar-refractivity contribution < 1.29 is 0 Å². The van der Waals surface area contributed by atoms with Crippen LogP contribution in [0.2, 0.25) is 0 Å². The van der Waals surface area contributed by atoms with Gasteiger partial charge in [-0.15, -0.1) is 23.5 Å².